The highest BCUT2D eigenvalue weighted by molar-refractivity contribution is 8.00. The van der Waals surface area contributed by atoms with Crippen LogP contribution in [0.15, 0.2) is 65.6 Å². The molecule has 0 aliphatic heterocycles. The predicted molar refractivity (Wildman–Crippen MR) is 100 cm³/mol. The van der Waals surface area contributed by atoms with E-state index in [1.54, 1.807) is 11.8 Å². The molecule has 0 saturated carbocycles. The summed E-state index contributed by atoms with van der Waals surface area (Å²) in [5.41, 5.74) is 1.02. The fraction of sp³-hybridized carbons (Fsp3) is 0.350. The fourth-order valence-electron chi connectivity index (χ4n) is 2.23. The minimum atomic E-state index is -0.250. The van der Waals surface area contributed by atoms with E-state index in [-0.39, 0.29) is 17.3 Å². The average Bonchev–Trinajstić information content (AvgIpc) is 2.60. The van der Waals surface area contributed by atoms with Gasteiger partial charge in [-0.1, -0.05) is 48.5 Å². The zero-order chi connectivity index (χ0) is 17.2. The quantitative estimate of drug-likeness (QED) is 0.540. The van der Waals surface area contributed by atoms with Gasteiger partial charge in [0.05, 0.1) is 6.10 Å². The van der Waals surface area contributed by atoms with Crippen LogP contribution in [-0.4, -0.2) is 25.2 Å². The van der Waals surface area contributed by atoms with Crippen molar-refractivity contribution in [2.75, 3.05) is 13.2 Å². The van der Waals surface area contributed by atoms with Crippen LogP contribution in [0.3, 0.4) is 0 Å². The molecule has 0 bridgehead atoms. The van der Waals surface area contributed by atoms with E-state index in [9.17, 15) is 4.79 Å². The van der Waals surface area contributed by atoms with Gasteiger partial charge in [-0.3, -0.25) is 4.79 Å². The van der Waals surface area contributed by atoms with Gasteiger partial charge in [0, 0.05) is 18.0 Å². The maximum absolute atomic E-state index is 12.7. The van der Waals surface area contributed by atoms with Crippen LogP contribution in [0.2, 0.25) is 0 Å². The Balaban J connectivity index is 1.96. The van der Waals surface area contributed by atoms with E-state index < -0.39 is 0 Å². The van der Waals surface area contributed by atoms with Crippen LogP contribution < -0.4 is 5.32 Å². The van der Waals surface area contributed by atoms with Gasteiger partial charge in [0.2, 0.25) is 5.91 Å². The molecular weight excluding hydrogens is 318 g/mol. The van der Waals surface area contributed by atoms with Gasteiger partial charge in [0.15, 0.2) is 0 Å². The molecule has 24 heavy (non-hydrogen) atoms. The lowest BCUT2D eigenvalue weighted by Crippen LogP contribution is -2.29. The first-order valence-electron chi connectivity index (χ1n) is 8.33. The first kappa shape index (κ1) is 18.6. The maximum Gasteiger partial charge on any atom is 0.237 e. The van der Waals surface area contributed by atoms with Crippen molar-refractivity contribution < 1.29 is 9.53 Å². The van der Waals surface area contributed by atoms with E-state index in [1.807, 2.05) is 74.5 Å². The number of benzene rings is 2. The highest BCUT2D eigenvalue weighted by Crippen LogP contribution is 2.35. The van der Waals surface area contributed by atoms with Gasteiger partial charge in [-0.15, -0.1) is 11.8 Å². The van der Waals surface area contributed by atoms with E-state index in [1.165, 1.54) is 0 Å². The van der Waals surface area contributed by atoms with Crippen molar-refractivity contribution in [3.63, 3.8) is 0 Å². The third-order valence-electron chi connectivity index (χ3n) is 3.41. The smallest absolute Gasteiger partial charge is 0.237 e. The Labute approximate surface area is 148 Å². The number of hydrogen-bond donors (Lipinski definition) is 1. The summed E-state index contributed by atoms with van der Waals surface area (Å²) in [5, 5.41) is 2.79. The largest absolute Gasteiger partial charge is 0.379 e. The molecule has 0 fully saturated rings. The minimum Gasteiger partial charge on any atom is -0.379 e. The van der Waals surface area contributed by atoms with Gasteiger partial charge in [0.1, 0.15) is 5.25 Å². The number of rotatable bonds is 9. The average molecular weight is 343 g/mol. The van der Waals surface area contributed by atoms with Crippen LogP contribution in [0, 0.1) is 0 Å². The molecule has 0 radical (unpaired) electrons. The molecule has 0 spiro atoms. The second-order valence-electron chi connectivity index (χ2n) is 5.79. The second-order valence-corrected chi connectivity index (χ2v) is 6.96. The van der Waals surface area contributed by atoms with Gasteiger partial charge >= 0.3 is 0 Å². The number of hydrogen-bond acceptors (Lipinski definition) is 3. The summed E-state index contributed by atoms with van der Waals surface area (Å²) in [4.78, 5) is 13.8. The third kappa shape index (κ3) is 6.38. The number of carbonyl (C=O) groups excluding carboxylic acids is 1. The molecular formula is C20H25NO2S. The second kappa shape index (κ2) is 10.2. The molecule has 2 aromatic carbocycles. The fourth-order valence-corrected chi connectivity index (χ4v) is 3.30. The molecule has 1 amide bonds. The van der Waals surface area contributed by atoms with Crippen LogP contribution in [0.4, 0.5) is 0 Å². The number of thioether (sulfide) groups is 1. The molecule has 0 aromatic heterocycles. The van der Waals surface area contributed by atoms with Crippen molar-refractivity contribution in [3.05, 3.63) is 66.2 Å². The van der Waals surface area contributed by atoms with Crippen LogP contribution in [0.25, 0.3) is 0 Å². The lowest BCUT2D eigenvalue weighted by atomic mass is 10.1. The Kier molecular flexibility index (Phi) is 7.86. The molecule has 3 nitrogen and oxygen atoms in total. The number of nitrogens with one attached hydrogen (secondary N) is 1. The van der Waals surface area contributed by atoms with Gasteiger partial charge in [-0.2, -0.15) is 0 Å². The van der Waals surface area contributed by atoms with Crippen molar-refractivity contribution in [2.45, 2.75) is 36.5 Å². The van der Waals surface area contributed by atoms with Gasteiger partial charge in [-0.25, -0.2) is 0 Å². The summed E-state index contributed by atoms with van der Waals surface area (Å²) in [6.07, 6.45) is 1.05. The molecule has 0 aliphatic carbocycles. The Morgan fingerprint density at radius 3 is 2.29 bits per heavy atom. The van der Waals surface area contributed by atoms with Crippen LogP contribution in [-0.2, 0) is 9.53 Å². The third-order valence-corrected chi connectivity index (χ3v) is 4.68. The molecule has 128 valence electrons. The Morgan fingerprint density at radius 1 is 1.04 bits per heavy atom. The highest BCUT2D eigenvalue weighted by Gasteiger charge is 2.21. The molecule has 2 aromatic rings. The number of amides is 1. The summed E-state index contributed by atoms with van der Waals surface area (Å²) in [7, 11) is 0. The predicted octanol–water partition coefficient (Wildman–Crippen LogP) is 4.45. The van der Waals surface area contributed by atoms with E-state index in [0.717, 1.165) is 16.9 Å². The van der Waals surface area contributed by atoms with Gasteiger partial charge in [0.25, 0.3) is 0 Å². The van der Waals surface area contributed by atoms with Gasteiger partial charge < -0.3 is 10.1 Å². The van der Waals surface area contributed by atoms with Crippen molar-refractivity contribution in [1.82, 2.24) is 5.32 Å². The standard InChI is InChI=1S/C20H25NO2S/c1-16(2)23-15-9-14-21-20(22)19(17-10-5-3-6-11-17)24-18-12-7-4-8-13-18/h3-8,10-13,16,19H,9,14-15H2,1-2H3,(H,21,22). The number of carbonyl (C=O) groups is 1. The van der Waals surface area contributed by atoms with Crippen molar-refractivity contribution in [3.8, 4) is 0 Å². The first-order chi connectivity index (χ1) is 11.7. The number of ether oxygens (including phenoxy) is 1. The van der Waals surface area contributed by atoms with Crippen molar-refractivity contribution >= 4 is 17.7 Å². The van der Waals surface area contributed by atoms with E-state index in [0.29, 0.717) is 13.2 Å². The highest BCUT2D eigenvalue weighted by atomic mass is 32.2. The van der Waals surface area contributed by atoms with E-state index in [4.69, 9.17) is 4.74 Å². The monoisotopic (exact) mass is 343 g/mol. The Bertz CT molecular complexity index is 602. The molecule has 0 heterocycles. The van der Waals surface area contributed by atoms with Crippen LogP contribution >= 0.6 is 11.8 Å². The summed E-state index contributed by atoms with van der Waals surface area (Å²) < 4.78 is 5.51. The summed E-state index contributed by atoms with van der Waals surface area (Å²) >= 11 is 1.58. The van der Waals surface area contributed by atoms with E-state index in [2.05, 4.69) is 5.32 Å². The molecule has 0 aliphatic rings. The first-order valence-corrected chi connectivity index (χ1v) is 9.20. The zero-order valence-electron chi connectivity index (χ0n) is 14.3. The van der Waals surface area contributed by atoms with E-state index >= 15 is 0 Å². The molecule has 1 unspecified atom stereocenters. The Hall–Kier alpha value is -1.78. The van der Waals surface area contributed by atoms with Crippen LogP contribution in [0.1, 0.15) is 31.1 Å². The lowest BCUT2D eigenvalue weighted by molar-refractivity contribution is -0.120. The summed E-state index contributed by atoms with van der Waals surface area (Å²) in [6, 6.07) is 19.9. The van der Waals surface area contributed by atoms with Crippen LogP contribution in [0.5, 0.6) is 0 Å². The zero-order valence-corrected chi connectivity index (χ0v) is 15.1. The summed E-state index contributed by atoms with van der Waals surface area (Å²) in [5.74, 6) is 0.0413. The maximum atomic E-state index is 12.7. The molecule has 2 rings (SSSR count). The van der Waals surface area contributed by atoms with Crippen molar-refractivity contribution in [2.24, 2.45) is 0 Å². The molecule has 0 saturated heterocycles. The molecule has 1 N–H and O–H groups in total. The van der Waals surface area contributed by atoms with Gasteiger partial charge in [-0.05, 0) is 38.0 Å². The normalized spacial score (nSPS) is 12.1. The Morgan fingerprint density at radius 2 is 1.67 bits per heavy atom. The summed E-state index contributed by atoms with van der Waals surface area (Å²) in [6.45, 7) is 5.32. The topological polar surface area (TPSA) is 38.3 Å². The SMILES string of the molecule is CC(C)OCCCNC(=O)C(Sc1ccccc1)c1ccccc1. The van der Waals surface area contributed by atoms with Crippen molar-refractivity contribution in [1.29, 1.82) is 0 Å². The lowest BCUT2D eigenvalue weighted by Gasteiger charge is -2.17. The molecule has 4 heteroatoms. The molecule has 1 atom stereocenters. The minimum absolute atomic E-state index is 0.0413.